The molecule has 0 fully saturated rings. The molecule has 0 radical (unpaired) electrons. The van der Waals surface area contributed by atoms with Crippen LogP contribution in [0.5, 0.6) is 5.75 Å². The normalized spacial score (nSPS) is 12.0. The minimum Gasteiger partial charge on any atom is -0.497 e. The van der Waals surface area contributed by atoms with E-state index < -0.39 is 0 Å². The smallest absolute Gasteiger partial charge is 0.243 e. The van der Waals surface area contributed by atoms with E-state index in [0.717, 1.165) is 22.6 Å². The zero-order valence-corrected chi connectivity index (χ0v) is 13.3. The Morgan fingerprint density at radius 2 is 2.13 bits per heavy atom. The highest BCUT2D eigenvalue weighted by Gasteiger charge is 2.10. The van der Waals surface area contributed by atoms with Crippen molar-refractivity contribution in [3.63, 3.8) is 0 Å². The standard InChI is InChI=1S/C16H18N6O/c1-11(13-8-18-22(2)10-13)19-16-20-15(9-17-21-16)12-5-4-6-14(7-12)23-3/h4-11H,1-3H3,(H,19,20,21). The van der Waals surface area contributed by atoms with Gasteiger partial charge in [0.15, 0.2) is 0 Å². The van der Waals surface area contributed by atoms with Gasteiger partial charge >= 0.3 is 0 Å². The van der Waals surface area contributed by atoms with Gasteiger partial charge in [-0.05, 0) is 19.1 Å². The summed E-state index contributed by atoms with van der Waals surface area (Å²) >= 11 is 0. The fourth-order valence-electron chi connectivity index (χ4n) is 2.23. The van der Waals surface area contributed by atoms with Crippen molar-refractivity contribution in [2.75, 3.05) is 12.4 Å². The van der Waals surface area contributed by atoms with E-state index >= 15 is 0 Å². The lowest BCUT2D eigenvalue weighted by atomic mass is 10.1. The highest BCUT2D eigenvalue weighted by Crippen LogP contribution is 2.23. The first-order chi connectivity index (χ1) is 11.2. The van der Waals surface area contributed by atoms with Crippen LogP contribution in [0.15, 0.2) is 42.9 Å². The second-order valence-corrected chi connectivity index (χ2v) is 5.21. The molecule has 0 spiro atoms. The summed E-state index contributed by atoms with van der Waals surface area (Å²) in [4.78, 5) is 4.52. The maximum atomic E-state index is 5.24. The Bertz CT molecular complexity index is 801. The molecule has 2 heterocycles. The Morgan fingerprint density at radius 1 is 1.26 bits per heavy atom. The van der Waals surface area contributed by atoms with Crippen molar-refractivity contribution in [2.45, 2.75) is 13.0 Å². The third kappa shape index (κ3) is 3.45. The van der Waals surface area contributed by atoms with Crippen molar-refractivity contribution in [3.05, 3.63) is 48.4 Å². The predicted octanol–water partition coefficient (Wildman–Crippen LogP) is 2.45. The molecule has 1 atom stereocenters. The number of rotatable bonds is 5. The first-order valence-electron chi connectivity index (χ1n) is 7.25. The Kier molecular flexibility index (Phi) is 4.18. The van der Waals surface area contributed by atoms with Crippen molar-refractivity contribution in [1.82, 2.24) is 25.0 Å². The van der Waals surface area contributed by atoms with E-state index in [0.29, 0.717) is 5.95 Å². The number of hydrogen-bond donors (Lipinski definition) is 1. The molecule has 3 aromatic rings. The lowest BCUT2D eigenvalue weighted by Crippen LogP contribution is -2.10. The second-order valence-electron chi connectivity index (χ2n) is 5.21. The molecule has 1 unspecified atom stereocenters. The van der Waals surface area contributed by atoms with Gasteiger partial charge in [-0.3, -0.25) is 4.68 Å². The number of benzene rings is 1. The van der Waals surface area contributed by atoms with Crippen LogP contribution in [-0.2, 0) is 7.05 Å². The van der Waals surface area contributed by atoms with E-state index in [2.05, 4.69) is 25.6 Å². The van der Waals surface area contributed by atoms with Crippen molar-refractivity contribution < 1.29 is 4.74 Å². The van der Waals surface area contributed by atoms with E-state index in [-0.39, 0.29) is 6.04 Å². The lowest BCUT2D eigenvalue weighted by molar-refractivity contribution is 0.415. The third-order valence-electron chi connectivity index (χ3n) is 3.49. The Labute approximate surface area is 134 Å². The van der Waals surface area contributed by atoms with Crippen LogP contribution in [0.1, 0.15) is 18.5 Å². The number of nitrogens with zero attached hydrogens (tertiary/aromatic N) is 5. The van der Waals surface area contributed by atoms with E-state index in [1.807, 2.05) is 50.6 Å². The van der Waals surface area contributed by atoms with E-state index in [1.54, 1.807) is 18.0 Å². The molecule has 7 heteroatoms. The average Bonchev–Trinajstić information content (AvgIpc) is 3.02. The molecule has 0 aliphatic carbocycles. The second kappa shape index (κ2) is 6.43. The van der Waals surface area contributed by atoms with Crippen LogP contribution in [0.4, 0.5) is 5.95 Å². The van der Waals surface area contributed by atoms with Gasteiger partial charge in [-0.1, -0.05) is 12.1 Å². The van der Waals surface area contributed by atoms with Gasteiger partial charge in [-0.2, -0.15) is 10.2 Å². The number of nitrogens with one attached hydrogen (secondary N) is 1. The molecule has 7 nitrogen and oxygen atoms in total. The number of methoxy groups -OCH3 is 1. The molecule has 3 rings (SSSR count). The zero-order valence-electron chi connectivity index (χ0n) is 13.3. The number of aryl methyl sites for hydroxylation is 1. The van der Waals surface area contributed by atoms with Crippen molar-refractivity contribution >= 4 is 5.95 Å². The third-order valence-corrected chi connectivity index (χ3v) is 3.49. The van der Waals surface area contributed by atoms with Crippen LogP contribution >= 0.6 is 0 Å². The number of aromatic nitrogens is 5. The molecule has 1 N–H and O–H groups in total. The topological polar surface area (TPSA) is 77.8 Å². The SMILES string of the molecule is COc1cccc(-c2cnnc(NC(C)c3cnn(C)c3)n2)c1. The van der Waals surface area contributed by atoms with Crippen LogP contribution in [-0.4, -0.2) is 32.1 Å². The van der Waals surface area contributed by atoms with Crippen LogP contribution in [0.25, 0.3) is 11.3 Å². The largest absolute Gasteiger partial charge is 0.497 e. The summed E-state index contributed by atoms with van der Waals surface area (Å²) in [5.74, 6) is 1.25. The van der Waals surface area contributed by atoms with E-state index in [1.165, 1.54) is 0 Å². The van der Waals surface area contributed by atoms with Crippen molar-refractivity contribution in [2.24, 2.45) is 7.05 Å². The summed E-state index contributed by atoms with van der Waals surface area (Å²) in [5, 5.41) is 15.5. The van der Waals surface area contributed by atoms with Crippen LogP contribution in [0, 0.1) is 0 Å². The Hall–Kier alpha value is -2.96. The molecule has 23 heavy (non-hydrogen) atoms. The molecule has 0 bridgehead atoms. The van der Waals surface area contributed by atoms with Gasteiger partial charge in [0, 0.05) is 24.4 Å². The number of ether oxygens (including phenoxy) is 1. The summed E-state index contributed by atoms with van der Waals surface area (Å²) in [6, 6.07) is 7.72. The molecule has 0 saturated carbocycles. The average molecular weight is 310 g/mol. The number of hydrogen-bond acceptors (Lipinski definition) is 6. The summed E-state index contributed by atoms with van der Waals surface area (Å²) in [5.41, 5.74) is 2.72. The van der Waals surface area contributed by atoms with Gasteiger partial charge in [-0.15, -0.1) is 5.10 Å². The maximum Gasteiger partial charge on any atom is 0.243 e. The van der Waals surface area contributed by atoms with Crippen molar-refractivity contribution in [1.29, 1.82) is 0 Å². The summed E-state index contributed by atoms with van der Waals surface area (Å²) in [6.07, 6.45) is 5.41. The van der Waals surface area contributed by atoms with Gasteiger partial charge in [0.25, 0.3) is 0 Å². The molecule has 0 amide bonds. The first-order valence-corrected chi connectivity index (χ1v) is 7.25. The molecule has 0 saturated heterocycles. The van der Waals surface area contributed by atoms with Gasteiger partial charge in [-0.25, -0.2) is 4.98 Å². The lowest BCUT2D eigenvalue weighted by Gasteiger charge is -2.12. The minimum absolute atomic E-state index is 0.0334. The molecule has 118 valence electrons. The molecule has 1 aromatic carbocycles. The summed E-state index contributed by atoms with van der Waals surface area (Å²) in [7, 11) is 3.53. The highest BCUT2D eigenvalue weighted by atomic mass is 16.5. The van der Waals surface area contributed by atoms with E-state index in [4.69, 9.17) is 4.74 Å². The minimum atomic E-state index is 0.0334. The first kappa shape index (κ1) is 15.0. The quantitative estimate of drug-likeness (QED) is 0.780. The molecule has 2 aromatic heterocycles. The molecule has 0 aliphatic rings. The molecule has 0 aliphatic heterocycles. The summed E-state index contributed by atoms with van der Waals surface area (Å²) < 4.78 is 7.01. The van der Waals surface area contributed by atoms with Gasteiger partial charge in [0.2, 0.25) is 5.95 Å². The number of anilines is 1. The fourth-order valence-corrected chi connectivity index (χ4v) is 2.23. The monoisotopic (exact) mass is 310 g/mol. The van der Waals surface area contributed by atoms with Crippen LogP contribution < -0.4 is 10.1 Å². The Morgan fingerprint density at radius 3 is 2.87 bits per heavy atom. The van der Waals surface area contributed by atoms with Gasteiger partial charge in [0.05, 0.1) is 31.2 Å². The zero-order chi connectivity index (χ0) is 16.2. The van der Waals surface area contributed by atoms with Gasteiger partial charge < -0.3 is 10.1 Å². The van der Waals surface area contributed by atoms with Crippen molar-refractivity contribution in [3.8, 4) is 17.0 Å². The molecular formula is C16H18N6O. The highest BCUT2D eigenvalue weighted by molar-refractivity contribution is 5.61. The van der Waals surface area contributed by atoms with Crippen LogP contribution in [0.3, 0.4) is 0 Å². The van der Waals surface area contributed by atoms with Gasteiger partial charge in [0.1, 0.15) is 5.75 Å². The van der Waals surface area contributed by atoms with E-state index in [9.17, 15) is 0 Å². The summed E-state index contributed by atoms with van der Waals surface area (Å²) in [6.45, 7) is 2.03. The van der Waals surface area contributed by atoms with Crippen LogP contribution in [0.2, 0.25) is 0 Å². The maximum absolute atomic E-state index is 5.24. The predicted molar refractivity (Wildman–Crippen MR) is 87.1 cm³/mol. The fraction of sp³-hybridized carbons (Fsp3) is 0.250. The molecular weight excluding hydrogens is 292 g/mol. The Balaban J connectivity index is 1.82.